The van der Waals surface area contributed by atoms with E-state index in [4.69, 9.17) is 5.14 Å². The molecule has 0 saturated heterocycles. The number of halogens is 1. The molecule has 1 aromatic rings. The smallest absolute Gasteiger partial charge is 0.253 e. The number of hydrogen-bond acceptors (Lipinski definition) is 7. The fraction of sp³-hybridized carbons (Fsp3) is 0.692. The van der Waals surface area contributed by atoms with Gasteiger partial charge in [-0.3, -0.25) is 0 Å². The molecule has 25 heavy (non-hydrogen) atoms. The van der Waals surface area contributed by atoms with Crippen molar-refractivity contribution in [2.75, 3.05) is 19.6 Å². The third-order valence-electron chi connectivity index (χ3n) is 3.56. The number of nitrogens with one attached hydrogen (secondary N) is 1. The van der Waals surface area contributed by atoms with E-state index in [0.717, 1.165) is 0 Å². The summed E-state index contributed by atoms with van der Waals surface area (Å²) in [6.45, 7) is 6.27. The number of β-amino-alcohol motifs (C(OH)–C–C–N with tert-alkyl or cyclic N) is 1. The Morgan fingerprint density at radius 2 is 2.04 bits per heavy atom. The maximum absolute atomic E-state index is 12.7. The second-order valence-corrected chi connectivity index (χ2v) is 11.4. The fourth-order valence-electron chi connectivity index (χ4n) is 2.49. The van der Waals surface area contributed by atoms with E-state index in [0.29, 0.717) is 29.4 Å². The van der Waals surface area contributed by atoms with Crippen molar-refractivity contribution in [1.82, 2.24) is 9.62 Å². The van der Waals surface area contributed by atoms with Crippen molar-refractivity contribution in [1.29, 1.82) is 0 Å². The van der Waals surface area contributed by atoms with E-state index in [2.05, 4.69) is 5.32 Å². The quantitative estimate of drug-likeness (QED) is 0.598. The van der Waals surface area contributed by atoms with Crippen LogP contribution in [0, 0.1) is 5.92 Å². The van der Waals surface area contributed by atoms with E-state index in [1.165, 1.54) is 17.3 Å². The van der Waals surface area contributed by atoms with Crippen molar-refractivity contribution in [3.63, 3.8) is 0 Å². The number of thiophene rings is 1. The predicted molar refractivity (Wildman–Crippen MR) is 99.0 cm³/mol. The Bertz CT molecular complexity index is 805. The third kappa shape index (κ3) is 5.13. The van der Waals surface area contributed by atoms with Gasteiger partial charge in [-0.2, -0.15) is 4.31 Å². The Morgan fingerprint density at radius 1 is 1.44 bits per heavy atom. The van der Waals surface area contributed by atoms with Crippen molar-refractivity contribution in [3.8, 4) is 0 Å². The van der Waals surface area contributed by atoms with Gasteiger partial charge in [0, 0.05) is 24.7 Å². The number of fused-ring (bicyclic) bond motifs is 1. The Labute approximate surface area is 158 Å². The Hall–Kier alpha value is -0.270. The summed E-state index contributed by atoms with van der Waals surface area (Å²) in [6, 6.07) is 0.987. The number of rotatable bonds is 6. The average Bonchev–Trinajstić information content (AvgIpc) is 2.86. The zero-order valence-electron chi connectivity index (χ0n) is 14.2. The number of primary sulfonamides is 1. The number of nitrogens with two attached hydrogens (primary N) is 1. The van der Waals surface area contributed by atoms with Crippen molar-refractivity contribution in [3.05, 3.63) is 11.6 Å². The summed E-state index contributed by atoms with van der Waals surface area (Å²) < 4.78 is 49.7. The average molecular weight is 434 g/mol. The minimum Gasteiger partial charge on any atom is -0.392 e. The molecule has 0 amide bonds. The molecule has 146 valence electrons. The second-order valence-electron chi connectivity index (χ2n) is 6.38. The van der Waals surface area contributed by atoms with Gasteiger partial charge in [0.05, 0.1) is 6.10 Å². The molecule has 0 aromatic carbocycles. The number of sulfonamides is 2. The van der Waals surface area contributed by atoms with Gasteiger partial charge >= 0.3 is 0 Å². The minimum absolute atomic E-state index is 0. The lowest BCUT2D eigenvalue weighted by Crippen LogP contribution is -2.46. The first kappa shape index (κ1) is 22.8. The molecule has 1 aliphatic rings. The van der Waals surface area contributed by atoms with Crippen LogP contribution in [-0.2, 0) is 20.0 Å². The van der Waals surface area contributed by atoms with Crippen LogP contribution in [0.25, 0.3) is 0 Å². The van der Waals surface area contributed by atoms with Crippen molar-refractivity contribution < 1.29 is 21.9 Å². The second kappa shape index (κ2) is 8.17. The van der Waals surface area contributed by atoms with Crippen LogP contribution < -0.4 is 10.5 Å². The SMILES string of the molecule is CC(C)CNC1CN(CC(C)O)S(=O)(=O)c2sc(S(N)(=O)=O)cc21.Cl. The summed E-state index contributed by atoms with van der Waals surface area (Å²) in [5.41, 5.74) is 0.423. The van der Waals surface area contributed by atoms with Crippen LogP contribution in [0.5, 0.6) is 0 Å². The zero-order valence-corrected chi connectivity index (χ0v) is 17.4. The normalized spacial score (nSPS) is 21.6. The van der Waals surface area contributed by atoms with E-state index in [-0.39, 0.29) is 40.0 Å². The highest BCUT2D eigenvalue weighted by molar-refractivity contribution is 7.94. The molecule has 0 bridgehead atoms. The molecule has 0 spiro atoms. The van der Waals surface area contributed by atoms with Crippen molar-refractivity contribution >= 4 is 43.8 Å². The van der Waals surface area contributed by atoms with Crippen molar-refractivity contribution in [2.45, 2.75) is 41.3 Å². The molecule has 2 rings (SSSR count). The van der Waals surface area contributed by atoms with E-state index in [9.17, 15) is 21.9 Å². The molecule has 0 fully saturated rings. The van der Waals surface area contributed by atoms with Gasteiger partial charge in [0.15, 0.2) is 0 Å². The largest absolute Gasteiger partial charge is 0.392 e. The topological polar surface area (TPSA) is 130 Å². The van der Waals surface area contributed by atoms with Gasteiger partial charge in [0.2, 0.25) is 10.0 Å². The highest BCUT2D eigenvalue weighted by atomic mass is 35.5. The highest BCUT2D eigenvalue weighted by Gasteiger charge is 2.40. The Morgan fingerprint density at radius 3 is 2.52 bits per heavy atom. The van der Waals surface area contributed by atoms with Gasteiger partial charge in [0.25, 0.3) is 10.0 Å². The molecule has 1 aromatic heterocycles. The molecule has 8 nitrogen and oxygen atoms in total. The lowest BCUT2D eigenvalue weighted by molar-refractivity contribution is 0.157. The predicted octanol–water partition coefficient (Wildman–Crippen LogP) is 0.489. The van der Waals surface area contributed by atoms with Crippen LogP contribution in [0.3, 0.4) is 0 Å². The summed E-state index contributed by atoms with van der Waals surface area (Å²) >= 11 is 0.654. The maximum Gasteiger partial charge on any atom is 0.253 e. The fourth-order valence-corrected chi connectivity index (χ4v) is 6.84. The van der Waals surface area contributed by atoms with E-state index in [1.54, 1.807) is 0 Å². The lowest BCUT2D eigenvalue weighted by Gasteiger charge is -2.33. The zero-order chi connectivity index (χ0) is 18.3. The van der Waals surface area contributed by atoms with Crippen LogP contribution >= 0.6 is 23.7 Å². The Kier molecular flexibility index (Phi) is 7.44. The minimum atomic E-state index is -3.98. The summed E-state index contributed by atoms with van der Waals surface area (Å²) in [5, 5.41) is 18.0. The molecular weight excluding hydrogens is 410 g/mol. The first-order valence-corrected chi connectivity index (χ1v) is 11.3. The summed E-state index contributed by atoms with van der Waals surface area (Å²) in [7, 11) is -7.84. The van der Waals surface area contributed by atoms with E-state index >= 15 is 0 Å². The molecular formula is C13H24ClN3O5S3. The highest BCUT2D eigenvalue weighted by Crippen LogP contribution is 2.39. The van der Waals surface area contributed by atoms with E-state index in [1.807, 2.05) is 13.8 Å². The molecule has 4 N–H and O–H groups in total. The monoisotopic (exact) mass is 433 g/mol. The van der Waals surface area contributed by atoms with Crippen LogP contribution in [0.2, 0.25) is 0 Å². The molecule has 2 heterocycles. The summed E-state index contributed by atoms with van der Waals surface area (Å²) in [5.74, 6) is 0.341. The van der Waals surface area contributed by atoms with Crippen molar-refractivity contribution in [2.24, 2.45) is 11.1 Å². The molecule has 2 unspecified atom stereocenters. The van der Waals surface area contributed by atoms with Gasteiger partial charge in [0.1, 0.15) is 8.42 Å². The number of nitrogens with zero attached hydrogens (tertiary/aromatic N) is 1. The number of hydrogen-bond donors (Lipinski definition) is 3. The van der Waals surface area contributed by atoms with Gasteiger partial charge in [-0.05, 0) is 25.5 Å². The third-order valence-corrected chi connectivity index (χ3v) is 8.49. The van der Waals surface area contributed by atoms with Gasteiger partial charge < -0.3 is 10.4 Å². The first-order chi connectivity index (χ1) is 10.9. The summed E-state index contributed by atoms with van der Waals surface area (Å²) in [6.07, 6.45) is -0.829. The number of aliphatic hydroxyl groups is 1. The van der Waals surface area contributed by atoms with Crippen LogP contribution in [0.1, 0.15) is 32.4 Å². The van der Waals surface area contributed by atoms with Gasteiger partial charge in [-0.1, -0.05) is 13.8 Å². The van der Waals surface area contributed by atoms with Crippen LogP contribution in [0.4, 0.5) is 0 Å². The Balaban J connectivity index is 0.00000312. The molecule has 2 atom stereocenters. The molecule has 0 radical (unpaired) electrons. The first-order valence-electron chi connectivity index (χ1n) is 7.51. The van der Waals surface area contributed by atoms with Crippen LogP contribution in [-0.4, -0.2) is 52.0 Å². The van der Waals surface area contributed by atoms with Gasteiger partial charge in [-0.25, -0.2) is 22.0 Å². The molecule has 0 saturated carbocycles. The van der Waals surface area contributed by atoms with Gasteiger partial charge in [-0.15, -0.1) is 23.7 Å². The molecule has 1 aliphatic heterocycles. The van der Waals surface area contributed by atoms with Crippen LogP contribution in [0.15, 0.2) is 14.5 Å². The lowest BCUT2D eigenvalue weighted by atomic mass is 10.1. The molecule has 0 aliphatic carbocycles. The van der Waals surface area contributed by atoms with E-state index < -0.39 is 26.2 Å². The maximum atomic E-state index is 12.7. The molecule has 12 heteroatoms. The number of aliphatic hydroxyl groups excluding tert-OH is 1. The summed E-state index contributed by atoms with van der Waals surface area (Å²) in [4.78, 5) is 0. The standard InChI is InChI=1S/C13H23N3O5S3.ClH/c1-8(2)5-15-11-7-16(6-9(3)17)24(20,21)13-10(11)4-12(22-13)23(14,18)19;/h4,8-9,11,15,17H,5-7H2,1-3H3,(H2,14,18,19);1H.